The van der Waals surface area contributed by atoms with Crippen molar-refractivity contribution in [3.8, 4) is 11.3 Å². The number of nitrogens with zero attached hydrogens (tertiary/aromatic N) is 3. The Hall–Kier alpha value is -2.92. The zero-order valence-corrected chi connectivity index (χ0v) is 16.7. The number of para-hydroxylation sites is 1. The third-order valence-electron chi connectivity index (χ3n) is 4.87. The highest BCUT2D eigenvalue weighted by atomic mass is 16.5. The Morgan fingerprint density at radius 3 is 2.21 bits per heavy atom. The Kier molecular flexibility index (Phi) is 6.61. The van der Waals surface area contributed by atoms with Gasteiger partial charge in [-0.2, -0.15) is 0 Å². The van der Waals surface area contributed by atoms with Crippen molar-refractivity contribution in [2.45, 2.75) is 20.8 Å². The molecule has 0 aliphatic carbocycles. The van der Waals surface area contributed by atoms with Gasteiger partial charge in [-0.1, -0.05) is 74.5 Å². The van der Waals surface area contributed by atoms with Gasteiger partial charge in [-0.3, -0.25) is 4.79 Å². The first kappa shape index (κ1) is 19.8. The van der Waals surface area contributed by atoms with Gasteiger partial charge in [-0.25, -0.2) is 4.90 Å². The van der Waals surface area contributed by atoms with Gasteiger partial charge in [0.05, 0.1) is 5.69 Å². The average molecular weight is 377 g/mol. The number of hydrogen-bond donors (Lipinski definition) is 0. The highest BCUT2D eigenvalue weighted by molar-refractivity contribution is 6.00. The molecule has 5 nitrogen and oxygen atoms in total. The highest BCUT2D eigenvalue weighted by Gasteiger charge is 2.27. The van der Waals surface area contributed by atoms with E-state index in [0.717, 1.165) is 24.3 Å². The first-order valence-corrected chi connectivity index (χ1v) is 9.77. The van der Waals surface area contributed by atoms with E-state index in [-0.39, 0.29) is 11.8 Å². The average Bonchev–Trinajstić information content (AvgIpc) is 3.23. The van der Waals surface area contributed by atoms with Crippen LogP contribution in [0.15, 0.2) is 71.3 Å². The third kappa shape index (κ3) is 4.49. The van der Waals surface area contributed by atoms with E-state index in [2.05, 4.69) is 23.9 Å². The van der Waals surface area contributed by atoms with Crippen molar-refractivity contribution in [3.63, 3.8) is 0 Å². The molecule has 0 aliphatic heterocycles. The molecular formula is C23H27N3O2. The molecule has 0 saturated heterocycles. The maximum atomic E-state index is 13.4. The molecule has 3 rings (SSSR count). The third-order valence-corrected chi connectivity index (χ3v) is 4.87. The molecule has 2 aromatic carbocycles. The summed E-state index contributed by atoms with van der Waals surface area (Å²) in [7, 11) is 0. The van der Waals surface area contributed by atoms with Crippen LogP contribution in [0.3, 0.4) is 0 Å². The fourth-order valence-corrected chi connectivity index (χ4v) is 3.22. The minimum atomic E-state index is -0.176. The van der Waals surface area contributed by atoms with Crippen molar-refractivity contribution in [2.75, 3.05) is 24.5 Å². The van der Waals surface area contributed by atoms with Gasteiger partial charge in [-0.05, 0) is 25.2 Å². The van der Waals surface area contributed by atoms with E-state index in [1.807, 2.05) is 73.7 Å². The molecule has 1 heterocycles. The lowest BCUT2D eigenvalue weighted by Crippen LogP contribution is -2.38. The van der Waals surface area contributed by atoms with Crippen molar-refractivity contribution in [2.24, 2.45) is 5.92 Å². The SMILES string of the molecule is CCN(CC)CC(C)C(=O)N(c1ccccc1)c1cc(-c2ccccc2)no1. The van der Waals surface area contributed by atoms with Crippen LogP contribution in [0.25, 0.3) is 11.3 Å². The number of hydrogen-bond acceptors (Lipinski definition) is 4. The van der Waals surface area contributed by atoms with E-state index in [1.54, 1.807) is 4.90 Å². The standard InChI is InChI=1S/C23H27N3O2/c1-4-25(5-2)17-18(3)23(27)26(20-14-10-7-11-15-20)22-16-21(24-28-22)19-12-8-6-9-13-19/h6-16,18H,4-5,17H2,1-3H3. The second-order valence-corrected chi connectivity index (χ2v) is 6.81. The molecule has 1 atom stereocenters. The van der Waals surface area contributed by atoms with Crippen molar-refractivity contribution in [1.29, 1.82) is 0 Å². The fraction of sp³-hybridized carbons (Fsp3) is 0.304. The first-order valence-electron chi connectivity index (χ1n) is 9.77. The van der Waals surface area contributed by atoms with Crippen molar-refractivity contribution in [1.82, 2.24) is 10.1 Å². The van der Waals surface area contributed by atoms with E-state index in [0.29, 0.717) is 18.1 Å². The van der Waals surface area contributed by atoms with Gasteiger partial charge >= 0.3 is 0 Å². The molecule has 0 spiro atoms. The second-order valence-electron chi connectivity index (χ2n) is 6.81. The number of anilines is 2. The predicted octanol–water partition coefficient (Wildman–Crippen LogP) is 4.98. The van der Waals surface area contributed by atoms with Crippen LogP contribution in [0.4, 0.5) is 11.6 Å². The van der Waals surface area contributed by atoms with Gasteiger partial charge in [0.2, 0.25) is 11.8 Å². The van der Waals surface area contributed by atoms with Crippen LogP contribution in [-0.2, 0) is 4.79 Å². The maximum Gasteiger partial charge on any atom is 0.239 e. The smallest absolute Gasteiger partial charge is 0.239 e. The summed E-state index contributed by atoms with van der Waals surface area (Å²) in [6.07, 6.45) is 0. The van der Waals surface area contributed by atoms with Gasteiger partial charge in [-0.15, -0.1) is 0 Å². The summed E-state index contributed by atoms with van der Waals surface area (Å²) in [4.78, 5) is 17.3. The number of amides is 1. The van der Waals surface area contributed by atoms with Gasteiger partial charge < -0.3 is 9.42 Å². The van der Waals surface area contributed by atoms with Crippen molar-refractivity contribution < 1.29 is 9.32 Å². The lowest BCUT2D eigenvalue weighted by molar-refractivity contribution is -0.121. The lowest BCUT2D eigenvalue weighted by atomic mass is 10.1. The molecule has 0 saturated carbocycles. The first-order chi connectivity index (χ1) is 13.6. The molecule has 1 aromatic heterocycles. The van der Waals surface area contributed by atoms with Crippen molar-refractivity contribution >= 4 is 17.5 Å². The summed E-state index contributed by atoms with van der Waals surface area (Å²) in [6.45, 7) is 8.72. The Balaban J connectivity index is 1.92. The molecule has 1 unspecified atom stereocenters. The molecule has 0 N–H and O–H groups in total. The lowest BCUT2D eigenvalue weighted by Gasteiger charge is -2.26. The van der Waals surface area contributed by atoms with Gasteiger partial charge in [0.15, 0.2) is 0 Å². The molecular weight excluding hydrogens is 350 g/mol. The molecule has 3 aromatic rings. The topological polar surface area (TPSA) is 49.6 Å². The quantitative estimate of drug-likeness (QED) is 0.555. The number of carbonyl (C=O) groups is 1. The summed E-state index contributed by atoms with van der Waals surface area (Å²) in [5, 5.41) is 4.19. The molecule has 0 radical (unpaired) electrons. The van der Waals surface area contributed by atoms with Crippen LogP contribution < -0.4 is 4.90 Å². The number of carbonyl (C=O) groups excluding carboxylic acids is 1. The van der Waals surface area contributed by atoms with Gasteiger partial charge in [0.25, 0.3) is 0 Å². The van der Waals surface area contributed by atoms with Crippen LogP contribution in [0.5, 0.6) is 0 Å². The van der Waals surface area contributed by atoms with Crippen LogP contribution >= 0.6 is 0 Å². The van der Waals surface area contributed by atoms with Crippen LogP contribution in [0.2, 0.25) is 0 Å². The van der Waals surface area contributed by atoms with Crippen LogP contribution in [0.1, 0.15) is 20.8 Å². The Morgan fingerprint density at radius 1 is 1.00 bits per heavy atom. The Labute approximate surface area is 166 Å². The number of aromatic nitrogens is 1. The van der Waals surface area contributed by atoms with E-state index < -0.39 is 0 Å². The Bertz CT molecular complexity index is 873. The molecule has 146 valence electrons. The highest BCUT2D eigenvalue weighted by Crippen LogP contribution is 2.31. The number of rotatable bonds is 8. The van der Waals surface area contributed by atoms with Crippen LogP contribution in [0, 0.1) is 5.92 Å². The molecule has 0 bridgehead atoms. The molecule has 0 aliphatic rings. The molecule has 5 heteroatoms. The zero-order valence-electron chi connectivity index (χ0n) is 16.7. The van der Waals surface area contributed by atoms with Gasteiger partial charge in [0, 0.05) is 24.1 Å². The minimum absolute atomic E-state index is 0.00568. The molecule has 0 fully saturated rings. The van der Waals surface area contributed by atoms with E-state index in [1.165, 1.54) is 0 Å². The zero-order chi connectivity index (χ0) is 19.9. The van der Waals surface area contributed by atoms with E-state index in [4.69, 9.17) is 4.52 Å². The summed E-state index contributed by atoms with van der Waals surface area (Å²) < 4.78 is 5.61. The Morgan fingerprint density at radius 2 is 1.61 bits per heavy atom. The number of benzene rings is 2. The summed E-state index contributed by atoms with van der Waals surface area (Å²) in [5.74, 6) is 0.251. The van der Waals surface area contributed by atoms with E-state index >= 15 is 0 Å². The normalized spacial score (nSPS) is 12.1. The maximum absolute atomic E-state index is 13.4. The monoisotopic (exact) mass is 377 g/mol. The summed E-state index contributed by atoms with van der Waals surface area (Å²) >= 11 is 0. The predicted molar refractivity (Wildman–Crippen MR) is 112 cm³/mol. The summed E-state index contributed by atoms with van der Waals surface area (Å²) in [5.41, 5.74) is 2.43. The molecule has 28 heavy (non-hydrogen) atoms. The van der Waals surface area contributed by atoms with Crippen LogP contribution in [-0.4, -0.2) is 35.6 Å². The minimum Gasteiger partial charge on any atom is -0.337 e. The largest absolute Gasteiger partial charge is 0.337 e. The molecule has 1 amide bonds. The van der Waals surface area contributed by atoms with E-state index in [9.17, 15) is 4.79 Å². The second kappa shape index (κ2) is 9.33. The summed E-state index contributed by atoms with van der Waals surface area (Å²) in [6, 6.07) is 21.2. The fourth-order valence-electron chi connectivity index (χ4n) is 3.22. The van der Waals surface area contributed by atoms with Crippen molar-refractivity contribution in [3.05, 3.63) is 66.7 Å². The van der Waals surface area contributed by atoms with Gasteiger partial charge in [0.1, 0.15) is 5.69 Å².